The first-order chi connectivity index (χ1) is 12.0. The molecule has 132 valence electrons. The number of furan rings is 1. The summed E-state index contributed by atoms with van der Waals surface area (Å²) >= 11 is 1.21. The quantitative estimate of drug-likeness (QED) is 0.839. The average Bonchev–Trinajstić information content (AvgIpc) is 3.27. The third kappa shape index (κ3) is 3.71. The molecule has 0 aliphatic carbocycles. The maximum absolute atomic E-state index is 12.3. The third-order valence-corrected chi connectivity index (χ3v) is 4.87. The molecule has 3 rings (SSSR count). The number of amides is 2. The fourth-order valence-corrected chi connectivity index (χ4v) is 3.51. The van der Waals surface area contributed by atoms with Gasteiger partial charge in [0.2, 0.25) is 5.91 Å². The van der Waals surface area contributed by atoms with Crippen LogP contribution >= 0.6 is 11.3 Å². The molecule has 0 bridgehead atoms. The number of carboxylic acid groups (broad SMARTS) is 1. The van der Waals surface area contributed by atoms with Crippen molar-refractivity contribution in [2.45, 2.75) is 32.2 Å². The normalized spacial score (nSPS) is 16.8. The zero-order chi connectivity index (χ0) is 18.0. The molecule has 1 aliphatic rings. The molecule has 2 amide bonds. The fraction of sp³-hybridized carbons (Fsp3) is 0.375. The van der Waals surface area contributed by atoms with Crippen molar-refractivity contribution >= 4 is 34.3 Å². The van der Waals surface area contributed by atoms with E-state index in [4.69, 9.17) is 9.52 Å². The van der Waals surface area contributed by atoms with Gasteiger partial charge in [0.05, 0.1) is 23.9 Å². The van der Waals surface area contributed by atoms with Crippen LogP contribution in [0.3, 0.4) is 0 Å². The van der Waals surface area contributed by atoms with Crippen LogP contribution in [-0.4, -0.2) is 45.4 Å². The van der Waals surface area contributed by atoms with Crippen molar-refractivity contribution in [3.05, 3.63) is 34.7 Å². The predicted molar refractivity (Wildman–Crippen MR) is 89.6 cm³/mol. The summed E-state index contributed by atoms with van der Waals surface area (Å²) in [7, 11) is 0. The molecule has 1 saturated heterocycles. The smallest absolute Gasteiger partial charge is 0.326 e. The molecule has 0 spiro atoms. The Morgan fingerprint density at radius 3 is 2.96 bits per heavy atom. The molecule has 1 atom stereocenters. The third-order valence-electron chi connectivity index (χ3n) is 4.07. The summed E-state index contributed by atoms with van der Waals surface area (Å²) in [5.41, 5.74) is 0.930. The molecular formula is C16H17N3O5S. The van der Waals surface area contributed by atoms with Crippen LogP contribution in [0, 0.1) is 6.92 Å². The van der Waals surface area contributed by atoms with E-state index in [9.17, 15) is 14.4 Å². The van der Waals surface area contributed by atoms with E-state index in [0.717, 1.165) is 0 Å². The molecular weight excluding hydrogens is 346 g/mol. The van der Waals surface area contributed by atoms with Crippen molar-refractivity contribution in [3.8, 4) is 0 Å². The maximum atomic E-state index is 12.3. The van der Waals surface area contributed by atoms with Crippen LogP contribution in [0.15, 0.2) is 22.1 Å². The highest BCUT2D eigenvalue weighted by Crippen LogP contribution is 2.21. The van der Waals surface area contributed by atoms with Gasteiger partial charge in [-0.25, -0.2) is 9.78 Å². The summed E-state index contributed by atoms with van der Waals surface area (Å²) in [6, 6.07) is 0.816. The summed E-state index contributed by atoms with van der Waals surface area (Å²) in [6.45, 7) is 2.14. The zero-order valence-electron chi connectivity index (χ0n) is 13.5. The number of carbonyl (C=O) groups is 3. The first-order valence-corrected chi connectivity index (χ1v) is 8.66. The van der Waals surface area contributed by atoms with E-state index in [-0.39, 0.29) is 18.2 Å². The van der Waals surface area contributed by atoms with E-state index < -0.39 is 12.0 Å². The van der Waals surface area contributed by atoms with Gasteiger partial charge < -0.3 is 14.4 Å². The molecule has 3 heterocycles. The van der Waals surface area contributed by atoms with Gasteiger partial charge in [0.25, 0.3) is 5.91 Å². The number of carboxylic acids is 1. The molecule has 2 aromatic heterocycles. The Bertz CT molecular complexity index is 812. The Labute approximate surface area is 147 Å². The second-order valence-corrected chi connectivity index (χ2v) is 6.61. The molecule has 25 heavy (non-hydrogen) atoms. The second-order valence-electron chi connectivity index (χ2n) is 5.75. The average molecular weight is 363 g/mol. The fourth-order valence-electron chi connectivity index (χ4n) is 2.81. The number of anilines is 1. The molecule has 2 aromatic rings. The first kappa shape index (κ1) is 17.2. The molecule has 0 radical (unpaired) electrons. The second kappa shape index (κ2) is 7.06. The maximum Gasteiger partial charge on any atom is 0.326 e. The number of aromatic nitrogens is 1. The highest BCUT2D eigenvalue weighted by molar-refractivity contribution is 7.14. The number of carbonyl (C=O) groups excluding carboxylic acids is 2. The van der Waals surface area contributed by atoms with E-state index in [1.54, 1.807) is 18.4 Å². The van der Waals surface area contributed by atoms with Crippen LogP contribution in [-0.2, 0) is 16.0 Å². The minimum atomic E-state index is -0.979. The molecule has 8 nitrogen and oxygen atoms in total. The number of aryl methyl sites for hydroxylation is 1. The van der Waals surface area contributed by atoms with Crippen molar-refractivity contribution in [1.29, 1.82) is 0 Å². The monoisotopic (exact) mass is 363 g/mol. The van der Waals surface area contributed by atoms with Crippen LogP contribution < -0.4 is 5.32 Å². The van der Waals surface area contributed by atoms with Crippen LogP contribution in [0.25, 0.3) is 0 Å². The number of thiazole rings is 1. The highest BCUT2D eigenvalue weighted by Gasteiger charge is 2.33. The molecule has 1 unspecified atom stereocenters. The summed E-state index contributed by atoms with van der Waals surface area (Å²) in [4.78, 5) is 41.2. The van der Waals surface area contributed by atoms with Crippen LogP contribution in [0.1, 0.15) is 34.7 Å². The van der Waals surface area contributed by atoms with Crippen LogP contribution in [0.2, 0.25) is 0 Å². The Morgan fingerprint density at radius 1 is 1.48 bits per heavy atom. The minimum absolute atomic E-state index is 0.0148. The molecule has 1 aliphatic heterocycles. The van der Waals surface area contributed by atoms with Gasteiger partial charge in [0, 0.05) is 11.9 Å². The molecule has 9 heteroatoms. The SMILES string of the molecule is Cc1occc1C(=O)Nc1nc(CC(=O)N2CCCC2C(=O)O)cs1. The molecule has 0 aromatic carbocycles. The van der Waals surface area contributed by atoms with Crippen molar-refractivity contribution in [1.82, 2.24) is 9.88 Å². The largest absolute Gasteiger partial charge is 0.480 e. The number of likely N-dealkylation sites (tertiary alicyclic amines) is 1. The Balaban J connectivity index is 1.62. The number of rotatable bonds is 5. The number of aliphatic carboxylic acids is 1. The summed E-state index contributed by atoms with van der Waals surface area (Å²) < 4.78 is 5.09. The number of nitrogens with zero attached hydrogens (tertiary/aromatic N) is 2. The summed E-state index contributed by atoms with van der Waals surface area (Å²) in [5, 5.41) is 13.9. The Hall–Kier alpha value is -2.68. The van der Waals surface area contributed by atoms with E-state index in [0.29, 0.717) is 41.5 Å². The van der Waals surface area contributed by atoms with E-state index in [1.807, 2.05) is 0 Å². The topological polar surface area (TPSA) is 113 Å². The van der Waals surface area contributed by atoms with Crippen LogP contribution in [0.4, 0.5) is 5.13 Å². The molecule has 1 fully saturated rings. The van der Waals surface area contributed by atoms with Gasteiger partial charge in [0.15, 0.2) is 5.13 Å². The summed E-state index contributed by atoms with van der Waals surface area (Å²) in [6.07, 6.45) is 2.61. The number of nitrogens with one attached hydrogen (secondary N) is 1. The van der Waals surface area contributed by atoms with Gasteiger partial charge >= 0.3 is 5.97 Å². The van der Waals surface area contributed by atoms with E-state index >= 15 is 0 Å². The van der Waals surface area contributed by atoms with Crippen LogP contribution in [0.5, 0.6) is 0 Å². The van der Waals surface area contributed by atoms with Crippen molar-refractivity contribution in [2.75, 3.05) is 11.9 Å². The summed E-state index contributed by atoms with van der Waals surface area (Å²) in [5.74, 6) is -1.06. The lowest BCUT2D eigenvalue weighted by atomic mass is 10.2. The van der Waals surface area contributed by atoms with Gasteiger partial charge in [0.1, 0.15) is 11.8 Å². The lowest BCUT2D eigenvalue weighted by Crippen LogP contribution is -2.41. The Kier molecular flexibility index (Phi) is 4.84. The lowest BCUT2D eigenvalue weighted by Gasteiger charge is -2.20. The number of hydrogen-bond acceptors (Lipinski definition) is 6. The van der Waals surface area contributed by atoms with E-state index in [2.05, 4.69) is 10.3 Å². The zero-order valence-corrected chi connectivity index (χ0v) is 14.3. The minimum Gasteiger partial charge on any atom is -0.480 e. The van der Waals surface area contributed by atoms with Gasteiger partial charge in [-0.05, 0) is 25.8 Å². The van der Waals surface area contributed by atoms with E-state index in [1.165, 1.54) is 22.5 Å². The molecule has 0 saturated carbocycles. The predicted octanol–water partition coefficient (Wildman–Crippen LogP) is 1.91. The van der Waals surface area contributed by atoms with Gasteiger partial charge in [-0.3, -0.25) is 14.9 Å². The van der Waals surface area contributed by atoms with Gasteiger partial charge in [-0.2, -0.15) is 0 Å². The van der Waals surface area contributed by atoms with Gasteiger partial charge in [-0.1, -0.05) is 0 Å². The number of hydrogen-bond donors (Lipinski definition) is 2. The van der Waals surface area contributed by atoms with Gasteiger partial charge in [-0.15, -0.1) is 11.3 Å². The van der Waals surface area contributed by atoms with Crippen molar-refractivity contribution in [3.63, 3.8) is 0 Å². The Morgan fingerprint density at radius 2 is 2.28 bits per heavy atom. The lowest BCUT2D eigenvalue weighted by molar-refractivity contribution is -0.148. The standard InChI is InChI=1S/C16H17N3O5S/c1-9-11(4-6-24-9)14(21)18-16-17-10(8-25-16)7-13(20)19-5-2-3-12(19)15(22)23/h4,6,8,12H,2-3,5,7H2,1H3,(H,22,23)(H,17,18,21). The molecule has 2 N–H and O–H groups in total. The van der Waals surface area contributed by atoms with Crippen molar-refractivity contribution < 1.29 is 23.9 Å². The highest BCUT2D eigenvalue weighted by atomic mass is 32.1. The first-order valence-electron chi connectivity index (χ1n) is 7.78. The van der Waals surface area contributed by atoms with Crippen molar-refractivity contribution in [2.24, 2.45) is 0 Å².